The van der Waals surface area contributed by atoms with E-state index in [1.54, 1.807) is 11.3 Å². The Bertz CT molecular complexity index is 461. The van der Waals surface area contributed by atoms with Gasteiger partial charge in [-0.25, -0.2) is 4.98 Å². The van der Waals surface area contributed by atoms with Crippen LogP contribution < -0.4 is 4.90 Å². The molecule has 1 fully saturated rings. The third kappa shape index (κ3) is 1.76. The minimum absolute atomic E-state index is 0.561. The van der Waals surface area contributed by atoms with Crippen molar-refractivity contribution >= 4 is 27.8 Å². The summed E-state index contributed by atoms with van der Waals surface area (Å²) in [6, 6.07) is 4.95. The molecule has 0 spiro atoms. The van der Waals surface area contributed by atoms with Crippen molar-refractivity contribution in [3.8, 4) is 0 Å². The molecule has 1 saturated heterocycles. The second-order valence-corrected chi connectivity index (χ2v) is 6.31. The van der Waals surface area contributed by atoms with Crippen LogP contribution in [-0.4, -0.2) is 11.5 Å². The topological polar surface area (TPSA) is 16.1 Å². The van der Waals surface area contributed by atoms with Crippen LogP contribution in [0.5, 0.6) is 0 Å². The van der Waals surface area contributed by atoms with Gasteiger partial charge in [0.25, 0.3) is 0 Å². The molecule has 2 nitrogen and oxygen atoms in total. The van der Waals surface area contributed by atoms with Crippen molar-refractivity contribution in [3.05, 3.63) is 33.5 Å². The Kier molecular flexibility index (Phi) is 2.69. The van der Waals surface area contributed by atoms with Gasteiger partial charge in [-0.1, -0.05) is 6.07 Å². The summed E-state index contributed by atoms with van der Waals surface area (Å²) in [6.07, 6.45) is 4.52. The minimum atomic E-state index is 0.561. The summed E-state index contributed by atoms with van der Waals surface area (Å²) in [5.41, 5.74) is 0. The van der Waals surface area contributed by atoms with Gasteiger partial charge in [-0.3, -0.25) is 0 Å². The molecule has 0 saturated carbocycles. The molecule has 0 aliphatic carbocycles. The van der Waals surface area contributed by atoms with Crippen molar-refractivity contribution in [2.75, 3.05) is 11.4 Å². The molecule has 0 radical (unpaired) electrons. The lowest BCUT2D eigenvalue weighted by molar-refractivity contribution is 0.731. The summed E-state index contributed by atoms with van der Waals surface area (Å²) < 4.78 is 0. The molecule has 0 amide bonds. The molecule has 0 N–H and O–H groups in total. The van der Waals surface area contributed by atoms with Gasteiger partial charge in [0.15, 0.2) is 5.13 Å². The Hall–Kier alpha value is -0.870. The van der Waals surface area contributed by atoms with Crippen LogP contribution in [-0.2, 0) is 0 Å². The lowest BCUT2D eigenvalue weighted by Gasteiger charge is -2.22. The Morgan fingerprint density at radius 2 is 2.44 bits per heavy atom. The normalized spacial score (nSPS) is 20.6. The Balaban J connectivity index is 1.90. The van der Waals surface area contributed by atoms with Gasteiger partial charge in [-0.15, -0.1) is 22.7 Å². The van der Waals surface area contributed by atoms with E-state index in [0.29, 0.717) is 6.04 Å². The van der Waals surface area contributed by atoms with Gasteiger partial charge in [0.05, 0.1) is 6.04 Å². The molecule has 1 aliphatic rings. The molecule has 2 aromatic heterocycles. The largest absolute Gasteiger partial charge is 0.340 e. The van der Waals surface area contributed by atoms with E-state index in [1.165, 1.54) is 27.7 Å². The van der Waals surface area contributed by atoms with Crippen molar-refractivity contribution in [1.29, 1.82) is 0 Å². The first kappa shape index (κ1) is 10.3. The second-order valence-electron chi connectivity index (χ2n) is 4.12. The SMILES string of the molecule is Cc1cnc(N2CCCC2c2cccs2)s1. The molecule has 0 bridgehead atoms. The zero-order valence-corrected chi connectivity index (χ0v) is 10.9. The van der Waals surface area contributed by atoms with Crippen molar-refractivity contribution < 1.29 is 0 Å². The fourth-order valence-electron chi connectivity index (χ4n) is 2.25. The Labute approximate surface area is 104 Å². The fraction of sp³-hybridized carbons (Fsp3) is 0.417. The molecule has 4 heteroatoms. The monoisotopic (exact) mass is 250 g/mol. The van der Waals surface area contributed by atoms with Gasteiger partial charge in [0.2, 0.25) is 0 Å². The van der Waals surface area contributed by atoms with Gasteiger partial charge >= 0.3 is 0 Å². The maximum atomic E-state index is 4.51. The van der Waals surface area contributed by atoms with E-state index in [9.17, 15) is 0 Å². The number of rotatable bonds is 2. The van der Waals surface area contributed by atoms with Crippen molar-refractivity contribution in [3.63, 3.8) is 0 Å². The molecule has 1 aliphatic heterocycles. The van der Waals surface area contributed by atoms with Crippen LogP contribution in [0.15, 0.2) is 23.7 Å². The lowest BCUT2D eigenvalue weighted by atomic mass is 10.2. The molecule has 3 rings (SSSR count). The molecule has 2 aromatic rings. The summed E-state index contributed by atoms with van der Waals surface area (Å²) in [6.45, 7) is 3.27. The van der Waals surface area contributed by atoms with Crippen molar-refractivity contribution in [1.82, 2.24) is 4.98 Å². The van der Waals surface area contributed by atoms with Crippen LogP contribution in [0.25, 0.3) is 0 Å². The quantitative estimate of drug-likeness (QED) is 0.804. The highest BCUT2D eigenvalue weighted by atomic mass is 32.1. The highest BCUT2D eigenvalue weighted by Crippen LogP contribution is 2.39. The summed E-state index contributed by atoms with van der Waals surface area (Å²) in [7, 11) is 0. The molecule has 3 heterocycles. The zero-order valence-electron chi connectivity index (χ0n) is 9.22. The van der Waals surface area contributed by atoms with Gasteiger partial charge < -0.3 is 4.90 Å². The number of hydrogen-bond donors (Lipinski definition) is 0. The van der Waals surface area contributed by atoms with E-state index in [2.05, 4.69) is 34.3 Å². The van der Waals surface area contributed by atoms with Crippen LogP contribution in [0.2, 0.25) is 0 Å². The molecule has 84 valence electrons. The number of thiazole rings is 1. The van der Waals surface area contributed by atoms with Crippen molar-refractivity contribution in [2.24, 2.45) is 0 Å². The molecular formula is C12H14N2S2. The summed E-state index contributed by atoms with van der Waals surface area (Å²) >= 11 is 3.67. The first-order valence-corrected chi connectivity index (χ1v) is 7.27. The smallest absolute Gasteiger partial charge is 0.186 e. The van der Waals surface area contributed by atoms with E-state index in [-0.39, 0.29) is 0 Å². The number of thiophene rings is 1. The Morgan fingerprint density at radius 3 is 3.12 bits per heavy atom. The molecule has 1 atom stereocenters. The third-order valence-electron chi connectivity index (χ3n) is 2.98. The van der Waals surface area contributed by atoms with Gasteiger partial charge in [0, 0.05) is 22.5 Å². The van der Waals surface area contributed by atoms with Crippen LogP contribution >= 0.6 is 22.7 Å². The molecule has 0 aromatic carbocycles. The van der Waals surface area contributed by atoms with Gasteiger partial charge in [-0.05, 0) is 31.2 Å². The lowest BCUT2D eigenvalue weighted by Crippen LogP contribution is -2.21. The molecule has 16 heavy (non-hydrogen) atoms. The zero-order chi connectivity index (χ0) is 11.0. The maximum absolute atomic E-state index is 4.51. The van der Waals surface area contributed by atoms with E-state index < -0.39 is 0 Å². The highest BCUT2D eigenvalue weighted by molar-refractivity contribution is 7.15. The number of nitrogens with zero attached hydrogens (tertiary/aromatic N) is 2. The first-order valence-electron chi connectivity index (χ1n) is 5.57. The predicted octanol–water partition coefficient (Wildman–Crippen LogP) is 3.85. The van der Waals surface area contributed by atoms with E-state index in [4.69, 9.17) is 0 Å². The predicted molar refractivity (Wildman–Crippen MR) is 70.5 cm³/mol. The summed E-state index contributed by atoms with van der Waals surface area (Å²) in [5.74, 6) is 0. The fourth-order valence-corrected chi connectivity index (χ4v) is 3.96. The number of hydrogen-bond acceptors (Lipinski definition) is 4. The first-order chi connectivity index (χ1) is 7.84. The number of aryl methyl sites for hydroxylation is 1. The van der Waals surface area contributed by atoms with Gasteiger partial charge in [-0.2, -0.15) is 0 Å². The summed E-state index contributed by atoms with van der Waals surface area (Å²) in [4.78, 5) is 9.74. The van der Waals surface area contributed by atoms with Crippen LogP contribution in [0.3, 0.4) is 0 Å². The van der Waals surface area contributed by atoms with Gasteiger partial charge in [0.1, 0.15) is 0 Å². The Morgan fingerprint density at radius 1 is 1.50 bits per heavy atom. The van der Waals surface area contributed by atoms with Crippen LogP contribution in [0.4, 0.5) is 5.13 Å². The minimum Gasteiger partial charge on any atom is -0.340 e. The van der Waals surface area contributed by atoms with Crippen LogP contribution in [0.1, 0.15) is 28.6 Å². The van der Waals surface area contributed by atoms with E-state index >= 15 is 0 Å². The standard InChI is InChI=1S/C12H14N2S2/c1-9-8-13-12(16-9)14-6-2-4-10(14)11-5-3-7-15-11/h3,5,7-8,10H,2,4,6H2,1H3. The third-order valence-corrected chi connectivity index (χ3v) is 4.90. The maximum Gasteiger partial charge on any atom is 0.186 e. The van der Waals surface area contributed by atoms with Crippen molar-refractivity contribution in [2.45, 2.75) is 25.8 Å². The second kappa shape index (κ2) is 4.18. The van der Waals surface area contributed by atoms with E-state index in [1.807, 2.05) is 17.5 Å². The number of aromatic nitrogens is 1. The number of anilines is 1. The molecule has 1 unspecified atom stereocenters. The van der Waals surface area contributed by atoms with Crippen LogP contribution in [0, 0.1) is 6.92 Å². The van der Waals surface area contributed by atoms with E-state index in [0.717, 1.165) is 6.54 Å². The summed E-state index contributed by atoms with van der Waals surface area (Å²) in [5, 5.41) is 3.35. The average Bonchev–Trinajstić information content (AvgIpc) is 2.96. The highest BCUT2D eigenvalue weighted by Gasteiger charge is 2.28. The molecular weight excluding hydrogens is 236 g/mol. The average molecular weight is 250 g/mol.